The van der Waals surface area contributed by atoms with Crippen LogP contribution in [0.4, 0.5) is 5.82 Å². The molecule has 0 saturated heterocycles. The Morgan fingerprint density at radius 1 is 0.962 bits per heavy atom. The van der Waals surface area contributed by atoms with Gasteiger partial charge >= 0.3 is 0 Å². The Morgan fingerprint density at radius 3 is 2.23 bits per heavy atom. The molecule has 0 atom stereocenters. The first kappa shape index (κ1) is 16.3. The van der Waals surface area contributed by atoms with Gasteiger partial charge in [-0.2, -0.15) is 0 Å². The van der Waals surface area contributed by atoms with E-state index in [2.05, 4.69) is 4.99 Å². The van der Waals surface area contributed by atoms with E-state index in [4.69, 9.17) is 5.73 Å². The summed E-state index contributed by atoms with van der Waals surface area (Å²) in [6.45, 7) is 0. The minimum Gasteiger partial charge on any atom is -0.387 e. The van der Waals surface area contributed by atoms with Crippen LogP contribution in [0.25, 0.3) is 11.3 Å². The summed E-state index contributed by atoms with van der Waals surface area (Å²) in [5, 5.41) is 0. The molecule has 0 aliphatic carbocycles. The predicted octanol–water partition coefficient (Wildman–Crippen LogP) is 3.02. The quantitative estimate of drug-likeness (QED) is 0.772. The van der Waals surface area contributed by atoms with E-state index in [0.29, 0.717) is 11.3 Å². The zero-order valence-electron chi connectivity index (χ0n) is 13.7. The fourth-order valence-corrected chi connectivity index (χ4v) is 4.52. The van der Waals surface area contributed by atoms with E-state index in [1.807, 2.05) is 6.07 Å². The SMILES string of the molecule is NC1=Nc2cc(S(=O)(=O)c3ccccc3)c(-c3ccccc3)n2C(=O)C1. The third kappa shape index (κ3) is 2.53. The third-order valence-electron chi connectivity index (χ3n) is 4.18. The van der Waals surface area contributed by atoms with Crippen molar-refractivity contribution >= 4 is 27.4 Å². The lowest BCUT2D eigenvalue weighted by Crippen LogP contribution is -2.25. The molecule has 6 nitrogen and oxygen atoms in total. The lowest BCUT2D eigenvalue weighted by atomic mass is 10.1. The van der Waals surface area contributed by atoms with Gasteiger partial charge in [0, 0.05) is 11.6 Å². The number of hydrogen-bond acceptors (Lipinski definition) is 5. The van der Waals surface area contributed by atoms with Gasteiger partial charge in [-0.25, -0.2) is 13.4 Å². The molecule has 2 aromatic carbocycles. The molecular formula is C19H15N3O3S. The van der Waals surface area contributed by atoms with Gasteiger partial charge in [0.15, 0.2) is 0 Å². The highest BCUT2D eigenvalue weighted by atomic mass is 32.2. The number of amidine groups is 1. The zero-order chi connectivity index (χ0) is 18.3. The second-order valence-corrected chi connectivity index (χ2v) is 7.83. The van der Waals surface area contributed by atoms with E-state index in [1.165, 1.54) is 22.8 Å². The van der Waals surface area contributed by atoms with Crippen molar-refractivity contribution in [1.29, 1.82) is 0 Å². The number of rotatable bonds is 3. The minimum absolute atomic E-state index is 0.0386. The number of carbonyl (C=O) groups excluding carboxylic acids is 1. The molecule has 3 aromatic rings. The van der Waals surface area contributed by atoms with Crippen molar-refractivity contribution in [2.24, 2.45) is 10.7 Å². The fourth-order valence-electron chi connectivity index (χ4n) is 3.03. The molecule has 0 spiro atoms. The molecule has 26 heavy (non-hydrogen) atoms. The summed E-state index contributed by atoms with van der Waals surface area (Å²) in [5.74, 6) is 0.0937. The number of aromatic nitrogens is 1. The summed E-state index contributed by atoms with van der Waals surface area (Å²) in [6.07, 6.45) is -0.0493. The molecule has 0 bridgehead atoms. The van der Waals surface area contributed by atoms with Gasteiger partial charge < -0.3 is 5.73 Å². The third-order valence-corrected chi connectivity index (χ3v) is 5.96. The highest BCUT2D eigenvalue weighted by Gasteiger charge is 2.31. The van der Waals surface area contributed by atoms with Gasteiger partial charge in [-0.1, -0.05) is 48.5 Å². The van der Waals surface area contributed by atoms with Crippen molar-refractivity contribution in [3.8, 4) is 11.3 Å². The van der Waals surface area contributed by atoms with Gasteiger partial charge in [-0.3, -0.25) is 9.36 Å². The average Bonchev–Trinajstić information content (AvgIpc) is 3.03. The predicted molar refractivity (Wildman–Crippen MR) is 98.3 cm³/mol. The molecule has 130 valence electrons. The first-order valence-electron chi connectivity index (χ1n) is 7.96. The number of sulfone groups is 1. The summed E-state index contributed by atoms with van der Waals surface area (Å²) >= 11 is 0. The number of aliphatic imine (C=N–C) groups is 1. The Bertz CT molecular complexity index is 1130. The van der Waals surface area contributed by atoms with Gasteiger partial charge in [0.2, 0.25) is 15.7 Å². The molecule has 1 aromatic heterocycles. The standard InChI is InChI=1S/C19H15N3O3S/c20-16-12-18(23)22-17(21-16)11-15(19(22)13-7-3-1-4-8-13)26(24,25)14-9-5-2-6-10-14/h1-11H,12H2,(H2,20,21). The van der Waals surface area contributed by atoms with Crippen molar-refractivity contribution in [3.05, 3.63) is 66.7 Å². The number of hydrogen-bond donors (Lipinski definition) is 1. The number of carbonyl (C=O) groups is 1. The largest absolute Gasteiger partial charge is 0.387 e. The van der Waals surface area contributed by atoms with Gasteiger partial charge in [0.05, 0.1) is 17.0 Å². The van der Waals surface area contributed by atoms with Crippen LogP contribution < -0.4 is 5.73 Å². The van der Waals surface area contributed by atoms with Crippen LogP contribution in [0.5, 0.6) is 0 Å². The Hall–Kier alpha value is -3.19. The summed E-state index contributed by atoms with van der Waals surface area (Å²) in [5.41, 5.74) is 6.66. The van der Waals surface area contributed by atoms with Crippen molar-refractivity contribution < 1.29 is 13.2 Å². The van der Waals surface area contributed by atoms with Crippen LogP contribution in [0, 0.1) is 0 Å². The number of fused-ring (bicyclic) bond motifs is 1. The number of nitrogens with zero attached hydrogens (tertiary/aromatic N) is 2. The van der Waals surface area contributed by atoms with E-state index >= 15 is 0 Å². The maximum absolute atomic E-state index is 13.2. The Kier molecular flexibility index (Phi) is 3.73. The normalized spacial score (nSPS) is 14.0. The molecule has 2 heterocycles. The van der Waals surface area contributed by atoms with Gasteiger partial charge in [-0.15, -0.1) is 0 Å². The van der Waals surface area contributed by atoms with Crippen LogP contribution in [-0.4, -0.2) is 24.7 Å². The Labute approximate surface area is 150 Å². The minimum atomic E-state index is -3.84. The molecule has 0 unspecified atom stereocenters. The Balaban J connectivity index is 2.05. The van der Waals surface area contributed by atoms with Gasteiger partial charge in [-0.05, 0) is 12.1 Å². The van der Waals surface area contributed by atoms with E-state index in [9.17, 15) is 13.2 Å². The van der Waals surface area contributed by atoms with Crippen molar-refractivity contribution in [2.75, 3.05) is 0 Å². The molecule has 7 heteroatoms. The van der Waals surface area contributed by atoms with Crippen molar-refractivity contribution in [3.63, 3.8) is 0 Å². The molecule has 0 radical (unpaired) electrons. The lowest BCUT2D eigenvalue weighted by molar-refractivity contribution is 0.0923. The van der Waals surface area contributed by atoms with Crippen LogP contribution in [0.1, 0.15) is 11.2 Å². The summed E-state index contributed by atoms with van der Waals surface area (Å²) in [7, 11) is -3.84. The molecule has 2 N–H and O–H groups in total. The van der Waals surface area contributed by atoms with Crippen molar-refractivity contribution in [2.45, 2.75) is 16.2 Å². The van der Waals surface area contributed by atoms with Crippen molar-refractivity contribution in [1.82, 2.24) is 4.57 Å². The molecule has 1 aliphatic rings. The van der Waals surface area contributed by atoms with Gasteiger partial charge in [0.1, 0.15) is 16.5 Å². The molecule has 4 rings (SSSR count). The summed E-state index contributed by atoms with van der Waals surface area (Å²) in [4.78, 5) is 17.0. The highest BCUT2D eigenvalue weighted by Crippen LogP contribution is 2.38. The maximum Gasteiger partial charge on any atom is 0.240 e. The topological polar surface area (TPSA) is 94.5 Å². The van der Waals surface area contributed by atoms with E-state index in [1.54, 1.807) is 42.5 Å². The van der Waals surface area contributed by atoms with E-state index in [-0.39, 0.29) is 33.8 Å². The summed E-state index contributed by atoms with van der Waals surface area (Å²) < 4.78 is 27.8. The van der Waals surface area contributed by atoms with Crippen LogP contribution in [0.2, 0.25) is 0 Å². The van der Waals surface area contributed by atoms with Gasteiger partial charge in [0.25, 0.3) is 0 Å². The number of benzene rings is 2. The highest BCUT2D eigenvalue weighted by molar-refractivity contribution is 7.91. The molecular weight excluding hydrogens is 350 g/mol. The monoisotopic (exact) mass is 365 g/mol. The molecule has 0 saturated carbocycles. The molecule has 1 aliphatic heterocycles. The lowest BCUT2D eigenvalue weighted by Gasteiger charge is -2.15. The van der Waals surface area contributed by atoms with E-state index in [0.717, 1.165) is 0 Å². The summed E-state index contributed by atoms with van der Waals surface area (Å²) in [6, 6.07) is 18.5. The molecule has 0 amide bonds. The average molecular weight is 365 g/mol. The first-order chi connectivity index (χ1) is 12.5. The number of nitrogens with two attached hydrogens (primary N) is 1. The second kappa shape index (κ2) is 5.96. The fraction of sp³-hybridized carbons (Fsp3) is 0.0526. The smallest absolute Gasteiger partial charge is 0.240 e. The zero-order valence-corrected chi connectivity index (χ0v) is 14.5. The Morgan fingerprint density at radius 2 is 1.58 bits per heavy atom. The van der Waals surface area contributed by atoms with Crippen LogP contribution in [0.15, 0.2) is 81.5 Å². The van der Waals surface area contributed by atoms with E-state index < -0.39 is 9.84 Å². The first-order valence-corrected chi connectivity index (χ1v) is 9.44. The van der Waals surface area contributed by atoms with Crippen LogP contribution in [0.3, 0.4) is 0 Å². The second-order valence-electron chi connectivity index (χ2n) is 5.91. The molecule has 0 fully saturated rings. The van der Waals surface area contributed by atoms with Crippen LogP contribution >= 0.6 is 0 Å². The maximum atomic E-state index is 13.2. The van der Waals surface area contributed by atoms with Crippen LogP contribution in [-0.2, 0) is 9.84 Å².